The van der Waals surface area contributed by atoms with Crippen molar-refractivity contribution >= 4 is 11.6 Å². The molecule has 1 aliphatic heterocycles. The van der Waals surface area contributed by atoms with E-state index in [1.54, 1.807) is 19.8 Å². The number of rotatable bonds is 7. The number of halogens is 1. The van der Waals surface area contributed by atoms with E-state index in [1.165, 1.54) is 0 Å². The molecule has 0 spiro atoms. The first kappa shape index (κ1) is 19.3. The van der Waals surface area contributed by atoms with Crippen molar-refractivity contribution in [2.75, 3.05) is 20.3 Å². The second kappa shape index (κ2) is 8.48. The van der Waals surface area contributed by atoms with Gasteiger partial charge in [-0.3, -0.25) is 0 Å². The average molecular weight is 380 g/mol. The van der Waals surface area contributed by atoms with E-state index in [4.69, 9.17) is 25.8 Å². The maximum Gasteiger partial charge on any atom is 0.157 e. The van der Waals surface area contributed by atoms with E-state index < -0.39 is 0 Å². The number of benzene rings is 1. The highest BCUT2D eigenvalue weighted by atomic mass is 35.5. The molecule has 0 amide bonds. The molecule has 1 saturated heterocycles. The van der Waals surface area contributed by atoms with Crippen LogP contribution in [0.25, 0.3) is 0 Å². The van der Waals surface area contributed by atoms with Crippen LogP contribution in [-0.2, 0) is 20.6 Å². The Balaban J connectivity index is 1.85. The van der Waals surface area contributed by atoms with E-state index >= 15 is 0 Å². The second-order valence-corrected chi connectivity index (χ2v) is 7.48. The molecule has 2 atom stereocenters. The van der Waals surface area contributed by atoms with Gasteiger partial charge in [-0.1, -0.05) is 37.6 Å². The zero-order valence-corrected chi connectivity index (χ0v) is 16.2. The summed E-state index contributed by atoms with van der Waals surface area (Å²) < 4.78 is 19.6. The number of hydrogen-bond acceptors (Lipinski definition) is 5. The minimum Gasteiger partial charge on any atom is -0.378 e. The molecule has 0 bridgehead atoms. The molecule has 0 radical (unpaired) electrons. The van der Waals surface area contributed by atoms with Crippen molar-refractivity contribution in [1.82, 2.24) is 14.8 Å². The van der Waals surface area contributed by atoms with Gasteiger partial charge in [0.05, 0.1) is 25.4 Å². The van der Waals surface area contributed by atoms with Crippen LogP contribution in [0.15, 0.2) is 36.9 Å². The lowest BCUT2D eigenvalue weighted by Gasteiger charge is -2.44. The van der Waals surface area contributed by atoms with Gasteiger partial charge in [0.2, 0.25) is 0 Å². The second-order valence-electron chi connectivity index (χ2n) is 7.04. The molecule has 6 nitrogen and oxygen atoms in total. The standard InChI is InChI=1S/C19H26ClN3O3/c1-4-17-25-10-19(2,11-26-17)18(24-3)16(23-13-21-12-22-23)9-14-5-7-15(20)8-6-14/h5-8,12-13,16-18H,4,9-11H2,1-3H3. The van der Waals surface area contributed by atoms with E-state index in [0.29, 0.717) is 13.2 Å². The molecule has 2 unspecified atom stereocenters. The summed E-state index contributed by atoms with van der Waals surface area (Å²) in [4.78, 5) is 4.12. The Morgan fingerprint density at radius 3 is 2.54 bits per heavy atom. The molecule has 7 heteroatoms. The van der Waals surface area contributed by atoms with Crippen LogP contribution in [0.4, 0.5) is 0 Å². The molecule has 2 heterocycles. The van der Waals surface area contributed by atoms with Crippen LogP contribution in [0.3, 0.4) is 0 Å². The molecule has 26 heavy (non-hydrogen) atoms. The number of ether oxygens (including phenoxy) is 3. The fourth-order valence-electron chi connectivity index (χ4n) is 3.55. The van der Waals surface area contributed by atoms with E-state index in [-0.39, 0.29) is 23.9 Å². The highest BCUT2D eigenvalue weighted by molar-refractivity contribution is 6.30. The van der Waals surface area contributed by atoms with Gasteiger partial charge in [-0.15, -0.1) is 0 Å². The highest BCUT2D eigenvalue weighted by Crippen LogP contribution is 2.37. The Kier molecular flexibility index (Phi) is 6.29. The summed E-state index contributed by atoms with van der Waals surface area (Å²) in [5.74, 6) is 0. The SMILES string of the molecule is CCC1OCC(C)(C(OC)C(Cc2ccc(Cl)cc2)n2cncn2)CO1. The molecule has 0 aliphatic carbocycles. The summed E-state index contributed by atoms with van der Waals surface area (Å²) in [5.41, 5.74) is 0.869. The first-order chi connectivity index (χ1) is 12.6. The van der Waals surface area contributed by atoms with Gasteiger partial charge in [0.25, 0.3) is 0 Å². The first-order valence-corrected chi connectivity index (χ1v) is 9.28. The van der Waals surface area contributed by atoms with Crippen LogP contribution in [-0.4, -0.2) is 47.5 Å². The molecule has 2 aromatic rings. The van der Waals surface area contributed by atoms with Crippen LogP contribution in [0.1, 0.15) is 31.9 Å². The van der Waals surface area contributed by atoms with Crippen LogP contribution in [0.5, 0.6) is 0 Å². The van der Waals surface area contributed by atoms with Gasteiger partial charge < -0.3 is 14.2 Å². The molecule has 1 aromatic carbocycles. The van der Waals surface area contributed by atoms with Gasteiger partial charge in [0.15, 0.2) is 6.29 Å². The first-order valence-electron chi connectivity index (χ1n) is 8.90. The summed E-state index contributed by atoms with van der Waals surface area (Å²) in [7, 11) is 1.73. The van der Waals surface area contributed by atoms with E-state index in [2.05, 4.69) is 23.9 Å². The third-order valence-electron chi connectivity index (χ3n) is 4.96. The summed E-state index contributed by atoms with van der Waals surface area (Å²) in [6, 6.07) is 7.82. The lowest BCUT2D eigenvalue weighted by atomic mass is 9.79. The van der Waals surface area contributed by atoms with E-state index in [1.807, 2.05) is 28.9 Å². The van der Waals surface area contributed by atoms with Crippen molar-refractivity contribution in [1.29, 1.82) is 0 Å². The Labute approximate surface area is 159 Å². The van der Waals surface area contributed by atoms with Crippen LogP contribution in [0, 0.1) is 5.41 Å². The minimum absolute atomic E-state index is 0.0425. The fraction of sp³-hybridized carbons (Fsp3) is 0.579. The lowest BCUT2D eigenvalue weighted by molar-refractivity contribution is -0.252. The molecule has 142 valence electrons. The Bertz CT molecular complexity index is 670. The minimum atomic E-state index is -0.288. The molecule has 1 aromatic heterocycles. The Hall–Kier alpha value is -1.47. The monoisotopic (exact) mass is 379 g/mol. The maximum atomic E-state index is 6.02. The van der Waals surface area contributed by atoms with E-state index in [0.717, 1.165) is 23.4 Å². The van der Waals surface area contributed by atoms with Crippen molar-refractivity contribution in [2.24, 2.45) is 5.41 Å². The van der Waals surface area contributed by atoms with E-state index in [9.17, 15) is 0 Å². The van der Waals surface area contributed by atoms with Gasteiger partial charge in [-0.2, -0.15) is 5.10 Å². The summed E-state index contributed by atoms with van der Waals surface area (Å²) >= 11 is 6.02. The summed E-state index contributed by atoms with van der Waals surface area (Å²) in [6.07, 6.45) is 4.57. The van der Waals surface area contributed by atoms with Crippen molar-refractivity contribution in [3.8, 4) is 0 Å². The number of methoxy groups -OCH3 is 1. The van der Waals surface area contributed by atoms with Crippen LogP contribution in [0.2, 0.25) is 5.02 Å². The summed E-state index contributed by atoms with van der Waals surface area (Å²) in [6.45, 7) is 5.35. The quantitative estimate of drug-likeness (QED) is 0.736. The van der Waals surface area contributed by atoms with Crippen molar-refractivity contribution in [3.05, 3.63) is 47.5 Å². The third-order valence-corrected chi connectivity index (χ3v) is 5.21. The summed E-state index contributed by atoms with van der Waals surface area (Å²) in [5, 5.41) is 5.10. The van der Waals surface area contributed by atoms with Gasteiger partial charge in [0.1, 0.15) is 12.7 Å². The normalized spacial score (nSPS) is 25.8. The highest BCUT2D eigenvalue weighted by Gasteiger charge is 2.44. The van der Waals surface area contributed by atoms with Gasteiger partial charge in [-0.25, -0.2) is 9.67 Å². The average Bonchev–Trinajstić information content (AvgIpc) is 3.18. The fourth-order valence-corrected chi connectivity index (χ4v) is 3.68. The predicted molar refractivity (Wildman–Crippen MR) is 99.1 cm³/mol. The molecular formula is C19H26ClN3O3. The number of nitrogens with zero attached hydrogens (tertiary/aromatic N) is 3. The molecule has 0 N–H and O–H groups in total. The number of hydrogen-bond donors (Lipinski definition) is 0. The van der Waals surface area contributed by atoms with Gasteiger partial charge >= 0.3 is 0 Å². The molecule has 1 aliphatic rings. The smallest absolute Gasteiger partial charge is 0.157 e. The Morgan fingerprint density at radius 2 is 2.00 bits per heavy atom. The predicted octanol–water partition coefficient (Wildman–Crippen LogP) is 3.52. The van der Waals surface area contributed by atoms with Crippen LogP contribution >= 0.6 is 11.6 Å². The largest absolute Gasteiger partial charge is 0.378 e. The van der Waals surface area contributed by atoms with Crippen molar-refractivity contribution in [3.63, 3.8) is 0 Å². The molecular weight excluding hydrogens is 354 g/mol. The number of aromatic nitrogens is 3. The Morgan fingerprint density at radius 1 is 1.31 bits per heavy atom. The molecule has 3 rings (SSSR count). The lowest BCUT2D eigenvalue weighted by Crippen LogP contribution is -2.51. The zero-order valence-electron chi connectivity index (χ0n) is 15.5. The molecule has 1 fully saturated rings. The maximum absolute atomic E-state index is 6.02. The third kappa shape index (κ3) is 4.26. The zero-order chi connectivity index (χ0) is 18.6. The van der Waals surface area contributed by atoms with Crippen molar-refractivity contribution in [2.45, 2.75) is 45.1 Å². The van der Waals surface area contributed by atoms with Gasteiger partial charge in [-0.05, 0) is 30.5 Å². The topological polar surface area (TPSA) is 58.4 Å². The van der Waals surface area contributed by atoms with Gasteiger partial charge in [0, 0.05) is 17.5 Å². The van der Waals surface area contributed by atoms with Crippen LogP contribution < -0.4 is 0 Å². The molecule has 0 saturated carbocycles. The van der Waals surface area contributed by atoms with Crippen molar-refractivity contribution < 1.29 is 14.2 Å².